The molecule has 2 amide bonds. The molecule has 0 atom stereocenters. The van der Waals surface area contributed by atoms with Crippen LogP contribution in [0.15, 0.2) is 18.5 Å². The van der Waals surface area contributed by atoms with Crippen LogP contribution in [0.1, 0.15) is 41.5 Å². The van der Waals surface area contributed by atoms with Crippen molar-refractivity contribution in [3.05, 3.63) is 30.0 Å². The van der Waals surface area contributed by atoms with E-state index in [1.807, 2.05) is 0 Å². The third-order valence-electron chi connectivity index (χ3n) is 4.76. The van der Waals surface area contributed by atoms with Crippen LogP contribution in [0.3, 0.4) is 0 Å². The van der Waals surface area contributed by atoms with E-state index in [9.17, 15) is 27.2 Å². The molecule has 12 heteroatoms. The summed E-state index contributed by atoms with van der Waals surface area (Å²) in [6.07, 6.45) is -0.300. The number of carbonyl (C=O) groups is 2. The van der Waals surface area contributed by atoms with Crippen LogP contribution in [0.25, 0.3) is 11.4 Å². The molecule has 0 radical (unpaired) electrons. The zero-order valence-corrected chi connectivity index (χ0v) is 16.9. The monoisotopic (exact) mass is 448 g/mol. The van der Waals surface area contributed by atoms with Crippen LogP contribution < -0.4 is 10.6 Å². The SMILES string of the molecule is CC(C)(Nc1nc(-c2c[nH]c(C(=O)N3CCCC3)c2)ncc1F)C(=O)NCC(F)(F)F.[HH].[HH].[HH]. The Morgan fingerprint density at radius 1 is 1.26 bits per heavy atom. The van der Waals surface area contributed by atoms with Crippen molar-refractivity contribution in [1.82, 2.24) is 25.2 Å². The number of rotatable bonds is 6. The van der Waals surface area contributed by atoms with Crippen LogP contribution in [0.4, 0.5) is 23.4 Å². The number of anilines is 1. The summed E-state index contributed by atoms with van der Waals surface area (Å²) in [6, 6.07) is 1.54. The van der Waals surface area contributed by atoms with Crippen molar-refractivity contribution < 1.29 is 31.4 Å². The van der Waals surface area contributed by atoms with E-state index in [4.69, 9.17) is 0 Å². The molecule has 1 fully saturated rings. The first-order chi connectivity index (χ1) is 14.5. The molecule has 0 bridgehead atoms. The van der Waals surface area contributed by atoms with Crippen molar-refractivity contribution in [2.75, 3.05) is 25.0 Å². The van der Waals surface area contributed by atoms with E-state index in [1.54, 1.807) is 16.3 Å². The van der Waals surface area contributed by atoms with Gasteiger partial charge in [-0.15, -0.1) is 0 Å². The van der Waals surface area contributed by atoms with Crippen molar-refractivity contribution >= 4 is 17.6 Å². The number of nitrogens with one attached hydrogen (secondary N) is 3. The van der Waals surface area contributed by atoms with E-state index in [-0.39, 0.29) is 21.8 Å². The fraction of sp³-hybridized carbons (Fsp3) is 0.474. The number of aromatic amines is 1. The lowest BCUT2D eigenvalue weighted by Crippen LogP contribution is -2.50. The summed E-state index contributed by atoms with van der Waals surface area (Å²) in [7, 11) is 0. The highest BCUT2D eigenvalue weighted by atomic mass is 19.4. The average molecular weight is 448 g/mol. The summed E-state index contributed by atoms with van der Waals surface area (Å²) in [6.45, 7) is 2.44. The number of hydrogen-bond acceptors (Lipinski definition) is 5. The molecule has 31 heavy (non-hydrogen) atoms. The normalized spacial score (nSPS) is 14.6. The summed E-state index contributed by atoms with van der Waals surface area (Å²) in [5.74, 6) is -2.31. The number of alkyl halides is 3. The van der Waals surface area contributed by atoms with E-state index in [2.05, 4.69) is 20.3 Å². The molecule has 174 valence electrons. The van der Waals surface area contributed by atoms with E-state index in [0.29, 0.717) is 24.3 Å². The maximum atomic E-state index is 14.2. The fourth-order valence-electron chi connectivity index (χ4n) is 3.09. The molecule has 1 aliphatic rings. The molecule has 0 spiro atoms. The zero-order chi connectivity index (χ0) is 22.8. The lowest BCUT2D eigenvalue weighted by Gasteiger charge is -2.26. The highest BCUT2D eigenvalue weighted by Crippen LogP contribution is 2.23. The summed E-state index contributed by atoms with van der Waals surface area (Å²) in [5, 5.41) is 4.27. The van der Waals surface area contributed by atoms with E-state index < -0.39 is 30.0 Å². The Balaban J connectivity index is 0.00000363. The number of carbonyl (C=O) groups excluding carboxylic acids is 2. The zero-order valence-electron chi connectivity index (χ0n) is 16.9. The highest BCUT2D eigenvalue weighted by Gasteiger charge is 2.34. The van der Waals surface area contributed by atoms with Crippen molar-refractivity contribution in [2.24, 2.45) is 0 Å². The number of hydrogen-bond donors (Lipinski definition) is 3. The van der Waals surface area contributed by atoms with Gasteiger partial charge in [-0.25, -0.2) is 14.4 Å². The molecule has 3 N–H and O–H groups in total. The van der Waals surface area contributed by atoms with Crippen LogP contribution in [0, 0.1) is 5.82 Å². The second-order valence-electron chi connectivity index (χ2n) is 7.74. The van der Waals surface area contributed by atoms with Crippen LogP contribution in [-0.2, 0) is 4.79 Å². The number of likely N-dealkylation sites (tertiary alicyclic amines) is 1. The lowest BCUT2D eigenvalue weighted by atomic mass is 10.0. The topological polar surface area (TPSA) is 103 Å². The summed E-state index contributed by atoms with van der Waals surface area (Å²) in [4.78, 5) is 37.1. The first kappa shape index (κ1) is 22.5. The van der Waals surface area contributed by atoms with Crippen LogP contribution in [-0.4, -0.2) is 63.0 Å². The van der Waals surface area contributed by atoms with Gasteiger partial charge in [-0.1, -0.05) is 0 Å². The smallest absolute Gasteiger partial charge is 0.356 e. The number of H-pyrrole nitrogens is 1. The predicted molar refractivity (Wildman–Crippen MR) is 110 cm³/mol. The van der Waals surface area contributed by atoms with E-state index in [1.165, 1.54) is 20.0 Å². The molecule has 8 nitrogen and oxygen atoms in total. The van der Waals surface area contributed by atoms with Crippen LogP contribution in [0.5, 0.6) is 0 Å². The van der Waals surface area contributed by atoms with Gasteiger partial charge in [0.1, 0.15) is 17.8 Å². The first-order valence-corrected chi connectivity index (χ1v) is 9.60. The maximum absolute atomic E-state index is 14.2. The number of aromatic nitrogens is 3. The molecule has 1 saturated heterocycles. The van der Waals surface area contributed by atoms with E-state index in [0.717, 1.165) is 19.0 Å². The van der Waals surface area contributed by atoms with Gasteiger partial charge in [0, 0.05) is 29.1 Å². The Bertz CT molecular complexity index is 981. The molecule has 1 aliphatic heterocycles. The molecule has 0 saturated carbocycles. The summed E-state index contributed by atoms with van der Waals surface area (Å²) >= 11 is 0. The Kier molecular flexibility index (Phi) is 6.18. The second kappa shape index (κ2) is 8.52. The second-order valence-corrected chi connectivity index (χ2v) is 7.74. The van der Waals surface area contributed by atoms with Gasteiger partial charge in [-0.3, -0.25) is 9.59 Å². The van der Waals surface area contributed by atoms with E-state index >= 15 is 0 Å². The fourth-order valence-corrected chi connectivity index (χ4v) is 3.09. The maximum Gasteiger partial charge on any atom is 0.405 e. The predicted octanol–water partition coefficient (Wildman–Crippen LogP) is 3.45. The largest absolute Gasteiger partial charge is 0.405 e. The van der Waals surface area contributed by atoms with Gasteiger partial charge in [-0.2, -0.15) is 13.2 Å². The van der Waals surface area contributed by atoms with Gasteiger partial charge in [0.15, 0.2) is 17.5 Å². The van der Waals surface area contributed by atoms with Crippen LogP contribution >= 0.6 is 0 Å². The number of nitrogens with zero attached hydrogens (tertiary/aromatic N) is 3. The third-order valence-corrected chi connectivity index (χ3v) is 4.76. The Hall–Kier alpha value is -3.18. The molecular weight excluding hydrogens is 420 g/mol. The minimum absolute atomic E-state index is 0. The van der Waals surface area contributed by atoms with Gasteiger partial charge in [0.2, 0.25) is 5.91 Å². The molecule has 0 unspecified atom stereocenters. The van der Waals surface area contributed by atoms with Gasteiger partial charge < -0.3 is 20.5 Å². The molecule has 0 aliphatic carbocycles. The minimum atomic E-state index is -4.57. The molecule has 2 aromatic rings. The highest BCUT2D eigenvalue weighted by molar-refractivity contribution is 5.94. The van der Waals surface area contributed by atoms with Gasteiger partial charge in [0.05, 0.1) is 6.20 Å². The van der Waals surface area contributed by atoms with Gasteiger partial charge in [0.25, 0.3) is 5.91 Å². The Morgan fingerprint density at radius 3 is 2.58 bits per heavy atom. The van der Waals surface area contributed by atoms with Crippen molar-refractivity contribution in [3.63, 3.8) is 0 Å². The lowest BCUT2D eigenvalue weighted by molar-refractivity contribution is -0.140. The van der Waals surface area contributed by atoms with Gasteiger partial charge >= 0.3 is 6.18 Å². The van der Waals surface area contributed by atoms with Gasteiger partial charge in [-0.05, 0) is 32.8 Å². The van der Waals surface area contributed by atoms with Crippen molar-refractivity contribution in [2.45, 2.75) is 38.4 Å². The molecule has 0 aromatic carbocycles. The standard InChI is InChI=1S/C19H22F4N6O2.3H2/c1-18(2,17(31)26-10-19(21,22)23)28-15-12(20)9-25-14(27-15)11-7-13(24-8-11)16(30)29-5-3-4-6-29;;;/h7-9,24H,3-6,10H2,1-2H3,(H,26,31)(H,25,27,28);3*1H. The average Bonchev–Trinajstić information content (AvgIpc) is 3.38. The van der Waals surface area contributed by atoms with Crippen LogP contribution in [0.2, 0.25) is 0 Å². The first-order valence-electron chi connectivity index (χ1n) is 9.60. The third kappa shape index (κ3) is 5.50. The molecule has 3 heterocycles. The minimum Gasteiger partial charge on any atom is -0.356 e. The Morgan fingerprint density at radius 2 is 1.94 bits per heavy atom. The number of halogens is 4. The molecule has 2 aromatic heterocycles. The Labute approximate surface area is 179 Å². The van der Waals surface area contributed by atoms with Crippen molar-refractivity contribution in [3.8, 4) is 11.4 Å². The molecule has 3 rings (SSSR count). The molecular formula is C19H28F4N6O2. The summed E-state index contributed by atoms with van der Waals surface area (Å²) < 4.78 is 51.3. The quantitative estimate of drug-likeness (QED) is 0.588. The van der Waals surface area contributed by atoms with Crippen molar-refractivity contribution in [1.29, 1.82) is 0 Å². The number of amides is 2. The summed E-state index contributed by atoms with van der Waals surface area (Å²) in [5.41, 5.74) is -0.830.